The van der Waals surface area contributed by atoms with Gasteiger partial charge in [-0.3, -0.25) is 4.99 Å². The Labute approximate surface area is 179 Å². The summed E-state index contributed by atoms with van der Waals surface area (Å²) in [6.45, 7) is 4.17. The lowest BCUT2D eigenvalue weighted by Crippen LogP contribution is -2.49. The van der Waals surface area contributed by atoms with Gasteiger partial charge in [0.05, 0.1) is 0 Å². The van der Waals surface area contributed by atoms with Crippen molar-refractivity contribution in [1.29, 1.82) is 0 Å². The number of likely N-dealkylation sites (tertiary alicyclic amines) is 1. The lowest BCUT2D eigenvalue weighted by molar-refractivity contribution is 0.155. The van der Waals surface area contributed by atoms with Gasteiger partial charge in [0.25, 0.3) is 0 Å². The predicted octanol–water partition coefficient (Wildman–Crippen LogP) is 2.97. The fourth-order valence-corrected chi connectivity index (χ4v) is 3.75. The van der Waals surface area contributed by atoms with Crippen LogP contribution < -0.4 is 10.6 Å². The molecule has 1 aromatic rings. The lowest BCUT2D eigenvalue weighted by atomic mass is 10.1. The molecule has 0 amide bonds. The summed E-state index contributed by atoms with van der Waals surface area (Å²) in [5.41, 5.74) is 0.810. The highest BCUT2D eigenvalue weighted by Crippen LogP contribution is 2.41. The van der Waals surface area contributed by atoms with Crippen molar-refractivity contribution in [2.75, 3.05) is 40.4 Å². The van der Waals surface area contributed by atoms with E-state index in [-0.39, 0.29) is 41.8 Å². The van der Waals surface area contributed by atoms with Crippen LogP contribution >= 0.6 is 24.0 Å². The smallest absolute Gasteiger partial charge is 0.191 e. The summed E-state index contributed by atoms with van der Waals surface area (Å²) in [6.07, 6.45) is 4.29. The molecule has 0 aromatic heterocycles. The van der Waals surface area contributed by atoms with Crippen LogP contribution in [-0.2, 0) is 4.74 Å². The van der Waals surface area contributed by atoms with Gasteiger partial charge >= 0.3 is 0 Å². The van der Waals surface area contributed by atoms with Gasteiger partial charge in [-0.2, -0.15) is 0 Å². The van der Waals surface area contributed by atoms with E-state index in [1.165, 1.54) is 6.07 Å². The molecule has 2 fully saturated rings. The normalized spacial score (nSPS) is 23.6. The van der Waals surface area contributed by atoms with Gasteiger partial charge in [0.2, 0.25) is 0 Å². The minimum atomic E-state index is -0.106. The van der Waals surface area contributed by atoms with Gasteiger partial charge in [0, 0.05) is 58.4 Å². The highest BCUT2D eigenvalue weighted by molar-refractivity contribution is 14.0. The Morgan fingerprint density at radius 3 is 2.67 bits per heavy atom. The second-order valence-corrected chi connectivity index (χ2v) is 7.29. The summed E-state index contributed by atoms with van der Waals surface area (Å²) in [5, 5.41) is 7.00. The number of benzene rings is 1. The van der Waals surface area contributed by atoms with Crippen LogP contribution in [0.1, 0.15) is 37.2 Å². The summed E-state index contributed by atoms with van der Waals surface area (Å²) in [5.74, 6) is 0.981. The highest BCUT2D eigenvalue weighted by atomic mass is 127. The van der Waals surface area contributed by atoms with Crippen LogP contribution in [-0.4, -0.2) is 63.3 Å². The second kappa shape index (κ2) is 11.2. The number of piperidine rings is 1. The van der Waals surface area contributed by atoms with Crippen LogP contribution in [0.3, 0.4) is 0 Å². The third kappa shape index (κ3) is 6.57. The van der Waals surface area contributed by atoms with E-state index in [2.05, 4.69) is 20.5 Å². The summed E-state index contributed by atoms with van der Waals surface area (Å²) in [4.78, 5) is 6.87. The fraction of sp³-hybridized carbons (Fsp3) is 0.650. The number of guanidine groups is 1. The summed E-state index contributed by atoms with van der Waals surface area (Å²) in [6, 6.07) is 7.79. The zero-order valence-electron chi connectivity index (χ0n) is 16.3. The molecule has 2 N–H and O–H groups in total. The fourth-order valence-electron chi connectivity index (χ4n) is 3.75. The summed E-state index contributed by atoms with van der Waals surface area (Å²) in [7, 11) is 3.56. The molecular formula is C20H32FIN4O. The second-order valence-electron chi connectivity index (χ2n) is 7.29. The molecule has 27 heavy (non-hydrogen) atoms. The first kappa shape index (κ1) is 22.4. The lowest BCUT2D eigenvalue weighted by Gasteiger charge is -2.33. The largest absolute Gasteiger partial charge is 0.385 e. The molecule has 152 valence electrons. The zero-order valence-corrected chi connectivity index (χ0v) is 18.6. The summed E-state index contributed by atoms with van der Waals surface area (Å²) >= 11 is 0. The third-order valence-electron chi connectivity index (χ3n) is 5.39. The molecule has 2 aliphatic rings. The number of hydrogen-bond donors (Lipinski definition) is 2. The highest BCUT2D eigenvalue weighted by Gasteiger charge is 2.40. The molecule has 1 aliphatic carbocycles. The average molecular weight is 490 g/mol. The molecule has 1 aliphatic heterocycles. The number of ether oxygens (including phenoxy) is 1. The maximum atomic E-state index is 13.9. The molecule has 2 atom stereocenters. The van der Waals surface area contributed by atoms with Crippen LogP contribution in [0.25, 0.3) is 0 Å². The molecule has 0 radical (unpaired) electrons. The van der Waals surface area contributed by atoms with E-state index in [1.54, 1.807) is 20.2 Å². The zero-order chi connectivity index (χ0) is 18.4. The topological polar surface area (TPSA) is 48.9 Å². The number of nitrogens with one attached hydrogen (secondary N) is 2. The van der Waals surface area contributed by atoms with Crippen LogP contribution in [0.2, 0.25) is 0 Å². The maximum absolute atomic E-state index is 13.9. The van der Waals surface area contributed by atoms with Crippen molar-refractivity contribution in [1.82, 2.24) is 15.5 Å². The molecule has 2 unspecified atom stereocenters. The number of hydrogen-bond acceptors (Lipinski definition) is 3. The minimum Gasteiger partial charge on any atom is -0.385 e. The maximum Gasteiger partial charge on any atom is 0.191 e. The van der Waals surface area contributed by atoms with Crippen LogP contribution in [0.5, 0.6) is 0 Å². The molecule has 3 rings (SSSR count). The Hall–Kier alpha value is -0.930. The first-order valence-electron chi connectivity index (χ1n) is 9.67. The van der Waals surface area contributed by atoms with Crippen molar-refractivity contribution in [3.8, 4) is 0 Å². The van der Waals surface area contributed by atoms with Crippen molar-refractivity contribution in [2.24, 2.45) is 4.99 Å². The monoisotopic (exact) mass is 490 g/mol. The third-order valence-corrected chi connectivity index (χ3v) is 5.39. The van der Waals surface area contributed by atoms with E-state index in [4.69, 9.17) is 4.74 Å². The van der Waals surface area contributed by atoms with Crippen molar-refractivity contribution >= 4 is 29.9 Å². The van der Waals surface area contributed by atoms with E-state index in [9.17, 15) is 4.39 Å². The molecule has 1 heterocycles. The Bertz CT molecular complexity index is 607. The SMILES string of the molecule is CN=C(NC1CCN(CCCOC)CC1)NC1CC1c1ccccc1F.I. The first-order valence-corrected chi connectivity index (χ1v) is 9.67. The number of aliphatic imine (C=N–C) groups is 1. The number of nitrogens with zero attached hydrogens (tertiary/aromatic N) is 2. The van der Waals surface area contributed by atoms with Gasteiger partial charge < -0.3 is 20.3 Å². The molecule has 1 saturated heterocycles. The molecule has 0 bridgehead atoms. The van der Waals surface area contributed by atoms with Gasteiger partial charge in [0.1, 0.15) is 5.82 Å². The summed E-state index contributed by atoms with van der Waals surface area (Å²) < 4.78 is 19.0. The molecule has 5 nitrogen and oxygen atoms in total. The van der Waals surface area contributed by atoms with Gasteiger partial charge in [-0.05, 0) is 37.3 Å². The van der Waals surface area contributed by atoms with E-state index in [0.29, 0.717) is 6.04 Å². The minimum absolute atomic E-state index is 0. The predicted molar refractivity (Wildman–Crippen MR) is 119 cm³/mol. The van der Waals surface area contributed by atoms with Crippen molar-refractivity contribution in [3.05, 3.63) is 35.6 Å². The number of methoxy groups -OCH3 is 1. The Kier molecular flexibility index (Phi) is 9.25. The van der Waals surface area contributed by atoms with Gasteiger partial charge in [-0.1, -0.05) is 18.2 Å². The van der Waals surface area contributed by atoms with Gasteiger partial charge in [-0.25, -0.2) is 4.39 Å². The van der Waals surface area contributed by atoms with Crippen LogP contribution in [0.15, 0.2) is 29.3 Å². The molecule has 7 heteroatoms. The van der Waals surface area contributed by atoms with Crippen molar-refractivity contribution in [3.63, 3.8) is 0 Å². The van der Waals surface area contributed by atoms with Crippen LogP contribution in [0, 0.1) is 5.82 Å². The van der Waals surface area contributed by atoms with E-state index < -0.39 is 0 Å². The quantitative estimate of drug-likeness (QED) is 0.267. The van der Waals surface area contributed by atoms with E-state index in [1.807, 2.05) is 12.1 Å². The van der Waals surface area contributed by atoms with Gasteiger partial charge in [-0.15, -0.1) is 24.0 Å². The molecular weight excluding hydrogens is 458 g/mol. The molecule has 1 aromatic carbocycles. The van der Waals surface area contributed by atoms with Gasteiger partial charge in [0.15, 0.2) is 5.96 Å². The Morgan fingerprint density at radius 1 is 1.26 bits per heavy atom. The van der Waals surface area contributed by atoms with E-state index in [0.717, 1.165) is 63.4 Å². The van der Waals surface area contributed by atoms with Crippen molar-refractivity contribution < 1.29 is 9.13 Å². The Balaban J connectivity index is 0.00000261. The van der Waals surface area contributed by atoms with E-state index >= 15 is 0 Å². The number of halogens is 2. The standard InChI is InChI=1S/C20H31FN4O.HI/c1-22-20(23-15-8-11-25(12-9-15)10-5-13-26-2)24-19-14-17(19)16-6-3-4-7-18(16)21;/h3-4,6-7,15,17,19H,5,8-14H2,1-2H3,(H2,22,23,24);1H. The molecule has 1 saturated carbocycles. The number of rotatable bonds is 7. The first-order chi connectivity index (χ1) is 12.7. The average Bonchev–Trinajstić information content (AvgIpc) is 3.42. The van der Waals surface area contributed by atoms with Crippen molar-refractivity contribution in [2.45, 2.75) is 43.7 Å². The molecule has 0 spiro atoms. The Morgan fingerprint density at radius 2 is 2.00 bits per heavy atom. The van der Waals surface area contributed by atoms with Crippen LogP contribution in [0.4, 0.5) is 4.39 Å².